The number of rotatable bonds is 6. The van der Waals surface area contributed by atoms with Crippen molar-refractivity contribution in [3.05, 3.63) is 24.3 Å². The van der Waals surface area contributed by atoms with Gasteiger partial charge in [0.2, 0.25) is 0 Å². The number of allylic oxidation sites excluding steroid dienone is 3. The normalized spacial score (nSPS) is 12.9. The van der Waals surface area contributed by atoms with E-state index in [2.05, 4.69) is 9.93 Å². The summed E-state index contributed by atoms with van der Waals surface area (Å²) in [6, 6.07) is 0. The van der Waals surface area contributed by atoms with Crippen molar-refractivity contribution in [1.82, 2.24) is 0 Å². The van der Waals surface area contributed by atoms with Gasteiger partial charge in [-0.05, 0) is 31.7 Å². The highest BCUT2D eigenvalue weighted by atomic mass is 17.5. The monoisotopic (exact) mass is 228 g/mol. The van der Waals surface area contributed by atoms with Crippen molar-refractivity contribution < 1.29 is 19.6 Å². The first kappa shape index (κ1) is 14.9. The molecular formula is C12H20O4. The van der Waals surface area contributed by atoms with Gasteiger partial charge in [-0.2, -0.15) is 4.89 Å². The second-order valence-electron chi connectivity index (χ2n) is 4.20. The van der Waals surface area contributed by atoms with Gasteiger partial charge in [-0.3, -0.25) is 4.89 Å². The summed E-state index contributed by atoms with van der Waals surface area (Å²) in [6.07, 6.45) is 6.30. The Labute approximate surface area is 96.7 Å². The lowest BCUT2D eigenvalue weighted by atomic mass is 9.95. The second-order valence-corrected chi connectivity index (χ2v) is 4.20. The number of hydrogen-bond donors (Lipinski definition) is 0. The van der Waals surface area contributed by atoms with Crippen LogP contribution in [-0.4, -0.2) is 11.6 Å². The molecule has 0 saturated heterocycles. The fraction of sp³-hybridized carbons (Fsp3) is 0.583. The van der Waals surface area contributed by atoms with Crippen molar-refractivity contribution in [2.45, 2.75) is 40.2 Å². The first-order valence-corrected chi connectivity index (χ1v) is 5.26. The van der Waals surface area contributed by atoms with Crippen LogP contribution in [0.3, 0.4) is 0 Å². The van der Waals surface area contributed by atoms with Crippen molar-refractivity contribution >= 4 is 5.97 Å². The van der Waals surface area contributed by atoms with E-state index in [1.165, 1.54) is 6.08 Å². The van der Waals surface area contributed by atoms with E-state index >= 15 is 0 Å². The summed E-state index contributed by atoms with van der Waals surface area (Å²) in [4.78, 5) is 20.4. The number of carbonyl (C=O) groups excluding carboxylic acids is 1. The average molecular weight is 228 g/mol. The van der Waals surface area contributed by atoms with Gasteiger partial charge in [-0.1, -0.05) is 32.1 Å². The molecule has 4 heteroatoms. The number of carbonyl (C=O) groups is 1. The van der Waals surface area contributed by atoms with E-state index in [1.807, 2.05) is 34.6 Å². The maximum absolute atomic E-state index is 11.0. The van der Waals surface area contributed by atoms with E-state index in [0.29, 0.717) is 0 Å². The Morgan fingerprint density at radius 3 is 2.38 bits per heavy atom. The lowest BCUT2D eigenvalue weighted by Gasteiger charge is -2.25. The Morgan fingerprint density at radius 2 is 1.88 bits per heavy atom. The third-order valence-corrected chi connectivity index (χ3v) is 2.29. The van der Waals surface area contributed by atoms with Crippen molar-refractivity contribution in [3.63, 3.8) is 0 Å². The van der Waals surface area contributed by atoms with Crippen LogP contribution in [0.15, 0.2) is 24.3 Å². The van der Waals surface area contributed by atoms with Crippen molar-refractivity contribution in [2.24, 2.45) is 5.92 Å². The fourth-order valence-electron chi connectivity index (χ4n) is 0.507. The summed E-state index contributed by atoms with van der Waals surface area (Å²) in [5, 5.41) is 4.43. The van der Waals surface area contributed by atoms with Crippen LogP contribution in [0, 0.1) is 5.92 Å². The molecule has 0 aliphatic rings. The van der Waals surface area contributed by atoms with Gasteiger partial charge in [0, 0.05) is 6.08 Å². The number of hydrogen-bond acceptors (Lipinski definition) is 4. The highest BCUT2D eigenvalue weighted by molar-refractivity contribution is 5.81. The molecular weight excluding hydrogens is 208 g/mol. The lowest BCUT2D eigenvalue weighted by molar-refractivity contribution is -0.519. The van der Waals surface area contributed by atoms with Crippen LogP contribution < -0.4 is 0 Å². The lowest BCUT2D eigenvalue weighted by Crippen LogP contribution is -2.31. The van der Waals surface area contributed by atoms with Gasteiger partial charge in [0.25, 0.3) is 0 Å². The first-order chi connectivity index (χ1) is 7.40. The van der Waals surface area contributed by atoms with Gasteiger partial charge in [0.1, 0.15) is 5.60 Å². The Morgan fingerprint density at radius 1 is 1.25 bits per heavy atom. The summed E-state index contributed by atoms with van der Waals surface area (Å²) in [7, 11) is 0. The Bertz CT molecular complexity index is 264. The van der Waals surface area contributed by atoms with E-state index in [4.69, 9.17) is 4.89 Å². The minimum atomic E-state index is -0.613. The maximum Gasteiger partial charge on any atom is 0.369 e. The minimum Gasteiger partial charge on any atom is -0.264 e. The summed E-state index contributed by atoms with van der Waals surface area (Å²) in [6.45, 7) is 9.51. The molecule has 0 spiro atoms. The predicted octanol–water partition coefficient (Wildman–Crippen LogP) is 2.96. The SMILES string of the molecule is CC=CC=CC(=O)OOOC(C)(C)C(C)C. The largest absolute Gasteiger partial charge is 0.369 e. The molecule has 0 N–H and O–H groups in total. The van der Waals surface area contributed by atoms with Gasteiger partial charge in [0.15, 0.2) is 0 Å². The van der Waals surface area contributed by atoms with Crippen LogP contribution in [-0.2, 0) is 19.6 Å². The van der Waals surface area contributed by atoms with Crippen LogP contribution in [0.2, 0.25) is 0 Å². The molecule has 0 aromatic heterocycles. The van der Waals surface area contributed by atoms with Gasteiger partial charge < -0.3 is 0 Å². The van der Waals surface area contributed by atoms with E-state index in [9.17, 15) is 4.79 Å². The molecule has 0 unspecified atom stereocenters. The zero-order chi connectivity index (χ0) is 12.6. The van der Waals surface area contributed by atoms with Crippen LogP contribution in [0.25, 0.3) is 0 Å². The molecule has 0 aromatic rings. The van der Waals surface area contributed by atoms with Crippen LogP contribution in [0.4, 0.5) is 0 Å². The Kier molecular flexibility index (Phi) is 6.69. The predicted molar refractivity (Wildman–Crippen MR) is 61.1 cm³/mol. The van der Waals surface area contributed by atoms with Crippen LogP contribution >= 0.6 is 0 Å². The van der Waals surface area contributed by atoms with Gasteiger partial charge in [-0.15, -0.1) is 0 Å². The quantitative estimate of drug-likeness (QED) is 0.303. The second kappa shape index (κ2) is 7.19. The summed E-state index contributed by atoms with van der Waals surface area (Å²) >= 11 is 0. The minimum absolute atomic E-state index is 0.241. The average Bonchev–Trinajstić information content (AvgIpc) is 2.17. The standard InChI is InChI=1S/C12H20O4/c1-6-7-8-9-11(13)14-16-15-12(4,5)10(2)3/h6-10H,1-5H3. The molecule has 0 amide bonds. The van der Waals surface area contributed by atoms with E-state index < -0.39 is 11.6 Å². The summed E-state index contributed by atoms with van der Waals surface area (Å²) in [5.41, 5.74) is -0.507. The molecule has 0 aliphatic heterocycles. The fourth-order valence-corrected chi connectivity index (χ4v) is 0.507. The molecule has 0 heterocycles. The van der Waals surface area contributed by atoms with E-state index in [-0.39, 0.29) is 5.92 Å². The van der Waals surface area contributed by atoms with Crippen molar-refractivity contribution in [3.8, 4) is 0 Å². The zero-order valence-electron chi connectivity index (χ0n) is 10.5. The molecule has 0 rings (SSSR count). The van der Waals surface area contributed by atoms with Crippen LogP contribution in [0.1, 0.15) is 34.6 Å². The molecule has 0 aromatic carbocycles. The Hall–Kier alpha value is -1.13. The molecule has 0 radical (unpaired) electrons. The van der Waals surface area contributed by atoms with E-state index in [0.717, 1.165) is 0 Å². The molecule has 0 atom stereocenters. The maximum atomic E-state index is 11.0. The third kappa shape index (κ3) is 6.37. The summed E-state index contributed by atoms with van der Waals surface area (Å²) in [5.74, 6) is -0.373. The topological polar surface area (TPSA) is 44.8 Å². The Balaban J connectivity index is 3.86. The molecule has 16 heavy (non-hydrogen) atoms. The van der Waals surface area contributed by atoms with Gasteiger partial charge >= 0.3 is 5.97 Å². The third-order valence-electron chi connectivity index (χ3n) is 2.29. The van der Waals surface area contributed by atoms with Crippen molar-refractivity contribution in [1.29, 1.82) is 0 Å². The summed E-state index contributed by atoms with van der Waals surface area (Å²) < 4.78 is 0. The molecule has 4 nitrogen and oxygen atoms in total. The molecule has 0 bridgehead atoms. The molecule has 0 saturated carbocycles. The highest BCUT2D eigenvalue weighted by Crippen LogP contribution is 2.20. The van der Waals surface area contributed by atoms with Crippen LogP contribution in [0.5, 0.6) is 0 Å². The molecule has 92 valence electrons. The zero-order valence-corrected chi connectivity index (χ0v) is 10.5. The van der Waals surface area contributed by atoms with Gasteiger partial charge in [-0.25, -0.2) is 4.79 Å². The first-order valence-electron chi connectivity index (χ1n) is 5.26. The molecule has 0 fully saturated rings. The highest BCUT2D eigenvalue weighted by Gasteiger charge is 2.25. The van der Waals surface area contributed by atoms with Gasteiger partial charge in [0.05, 0.1) is 0 Å². The smallest absolute Gasteiger partial charge is 0.264 e. The van der Waals surface area contributed by atoms with Crippen molar-refractivity contribution in [2.75, 3.05) is 0 Å². The molecule has 0 aliphatic carbocycles. The van der Waals surface area contributed by atoms with E-state index in [1.54, 1.807) is 18.2 Å².